The molecule has 0 aromatic rings. The van der Waals surface area contributed by atoms with E-state index in [1.54, 1.807) is 0 Å². The quantitative estimate of drug-likeness (QED) is 0.354. The number of rotatable bonds is 0. The molecule has 4 heteroatoms. The van der Waals surface area contributed by atoms with Crippen LogP contribution in [0.15, 0.2) is 0 Å². The molecule has 0 heterocycles. The summed E-state index contributed by atoms with van der Waals surface area (Å²) in [4.78, 5) is 0. The van der Waals surface area contributed by atoms with Crippen LogP contribution in [0, 0.1) is 0 Å². The van der Waals surface area contributed by atoms with Gasteiger partial charge in [0.15, 0.2) is 17.4 Å². The van der Waals surface area contributed by atoms with E-state index in [2.05, 4.69) is 0 Å². The third-order valence-electron chi connectivity index (χ3n) is 0. The van der Waals surface area contributed by atoms with Gasteiger partial charge in [-0.3, -0.25) is 0 Å². The summed E-state index contributed by atoms with van der Waals surface area (Å²) in [5.41, 5.74) is 0. The van der Waals surface area contributed by atoms with E-state index in [1.165, 1.54) is 0 Å². The van der Waals surface area contributed by atoms with E-state index >= 15 is 0 Å². The Hall–Kier alpha value is 2.60. The first-order valence-electron chi connectivity index (χ1n) is 0. The van der Waals surface area contributed by atoms with Crippen LogP contribution in [0.4, 0.5) is 0 Å². The monoisotopic (exact) mass is 134 g/mol. The average Bonchev–Trinajstić information content (AvgIpc) is 0. The molecule has 0 spiro atoms. The molecule has 0 N–H and O–H groups in total. The van der Waals surface area contributed by atoms with E-state index in [0.29, 0.717) is 0 Å². The van der Waals surface area contributed by atoms with Gasteiger partial charge in [0.2, 0.25) is 0 Å². The normalized spacial score (nSPS) is 0. The Morgan fingerprint density at radius 3 is 1.00 bits per heavy atom. The zero-order chi connectivity index (χ0) is 0. The molecule has 0 aromatic carbocycles. The molecule has 0 nitrogen and oxygen atoms in total. The van der Waals surface area contributed by atoms with Crippen LogP contribution in [0.3, 0.4) is 0 Å². The molecule has 0 unspecified atom stereocenters. The molecular weight excluding hydrogens is 128 g/mol. The molecule has 0 saturated heterocycles. The maximum absolute atomic E-state index is 0. The van der Waals surface area contributed by atoms with Crippen LogP contribution in [0.1, 0.15) is 5.71 Å². The zero-order valence-corrected chi connectivity index (χ0v) is 5.93. The van der Waals surface area contributed by atoms with E-state index < -0.39 is 0 Å². The van der Waals surface area contributed by atoms with E-state index in [1.807, 2.05) is 0 Å². The van der Waals surface area contributed by atoms with Crippen molar-refractivity contribution in [2.45, 2.75) is 0 Å². The molecule has 0 fully saturated rings. The molecule has 0 radical (unpaired) electrons. The Morgan fingerprint density at radius 2 is 1.00 bits per heavy atom. The predicted octanol–water partition coefficient (Wildman–Crippen LogP) is -1.50. The largest absolute Gasteiger partial charge is 2.00 e. The Kier molecular flexibility index (Phi) is 134. The molecule has 20 valence electrons. The third kappa shape index (κ3) is 8.82. The Bertz CT molecular complexity index is 14.0. The van der Waals surface area contributed by atoms with Gasteiger partial charge in [-0.2, -0.15) is 0 Å². The Labute approximate surface area is 85.6 Å². The minimum absolute atomic E-state index is 0. The molecule has 0 aliphatic carbocycles. The van der Waals surface area contributed by atoms with Crippen LogP contribution in [0.25, 0.3) is 0 Å². The molecule has 0 aliphatic rings. The van der Waals surface area contributed by atoms with Crippen molar-refractivity contribution in [1.29, 1.82) is 0 Å². The molecular formula is H7AlCrMg2. The fourth-order valence-corrected chi connectivity index (χ4v) is 0. The molecule has 0 atom stereocenters. The molecule has 0 aromatic heterocycles. The average molecular weight is 135 g/mol. The van der Waals surface area contributed by atoms with Gasteiger partial charge in [0.1, 0.15) is 0 Å². The van der Waals surface area contributed by atoms with Gasteiger partial charge in [-0.05, 0) is 0 Å². The van der Waals surface area contributed by atoms with Crippen LogP contribution in [-0.2, 0) is 17.4 Å². The van der Waals surface area contributed by atoms with E-state index in [-0.39, 0.29) is 86.5 Å². The molecule has 0 amide bonds. The third-order valence-corrected chi connectivity index (χ3v) is 0. The second-order valence-corrected chi connectivity index (χ2v) is 0. The van der Waals surface area contributed by atoms with Gasteiger partial charge >= 0.3 is 46.1 Å². The van der Waals surface area contributed by atoms with Gasteiger partial charge in [0, 0.05) is 17.4 Å². The van der Waals surface area contributed by atoms with E-state index in [4.69, 9.17) is 0 Å². The first-order chi connectivity index (χ1) is 0. The standard InChI is InChI=1S/Al.Cr.2Mg.7H/q;;2*+2;;;;4*-1. The van der Waals surface area contributed by atoms with Crippen LogP contribution in [0.2, 0.25) is 0 Å². The smallest absolute Gasteiger partial charge is 1.00 e. The fourth-order valence-electron chi connectivity index (χ4n) is 0. The minimum Gasteiger partial charge on any atom is -1.00 e. The summed E-state index contributed by atoms with van der Waals surface area (Å²) in [6.07, 6.45) is 0. The van der Waals surface area contributed by atoms with Crippen molar-refractivity contribution >= 4 is 63.5 Å². The first kappa shape index (κ1) is 30.6. The topological polar surface area (TPSA) is 0 Å². The van der Waals surface area contributed by atoms with Crippen LogP contribution in [-0.4, -0.2) is 63.5 Å². The van der Waals surface area contributed by atoms with Gasteiger partial charge in [-0.25, -0.2) is 0 Å². The van der Waals surface area contributed by atoms with Gasteiger partial charge in [-0.15, -0.1) is 0 Å². The summed E-state index contributed by atoms with van der Waals surface area (Å²) < 4.78 is 0. The first-order valence-corrected chi connectivity index (χ1v) is 0. The molecule has 0 aliphatic heterocycles. The van der Waals surface area contributed by atoms with Crippen molar-refractivity contribution in [2.75, 3.05) is 0 Å². The van der Waals surface area contributed by atoms with Gasteiger partial charge in [-0.1, -0.05) is 0 Å². The summed E-state index contributed by atoms with van der Waals surface area (Å²) in [6.45, 7) is 0. The van der Waals surface area contributed by atoms with Crippen molar-refractivity contribution in [3.63, 3.8) is 0 Å². The van der Waals surface area contributed by atoms with Crippen LogP contribution >= 0.6 is 0 Å². The maximum Gasteiger partial charge on any atom is 2.00 e. The van der Waals surface area contributed by atoms with Crippen LogP contribution < -0.4 is 0 Å². The fraction of sp³-hybridized carbons (Fsp3) is 0. The van der Waals surface area contributed by atoms with Crippen molar-refractivity contribution < 1.29 is 23.1 Å². The summed E-state index contributed by atoms with van der Waals surface area (Å²) >= 11 is 0. The summed E-state index contributed by atoms with van der Waals surface area (Å²) in [6, 6.07) is 0. The second kappa shape index (κ2) is 17.5. The maximum atomic E-state index is 0. The van der Waals surface area contributed by atoms with Crippen molar-refractivity contribution in [3.8, 4) is 0 Å². The molecule has 4 heavy (non-hydrogen) atoms. The summed E-state index contributed by atoms with van der Waals surface area (Å²) in [7, 11) is 0. The Balaban J connectivity index is 0. The van der Waals surface area contributed by atoms with E-state index in [9.17, 15) is 0 Å². The number of hydrogen-bond acceptors (Lipinski definition) is 0. The second-order valence-electron chi connectivity index (χ2n) is 0. The molecule has 0 bridgehead atoms. The Morgan fingerprint density at radius 1 is 1.00 bits per heavy atom. The van der Waals surface area contributed by atoms with Crippen LogP contribution in [0.5, 0.6) is 0 Å². The summed E-state index contributed by atoms with van der Waals surface area (Å²) in [5.74, 6) is 0. The van der Waals surface area contributed by atoms with E-state index in [0.717, 1.165) is 0 Å². The van der Waals surface area contributed by atoms with Crippen molar-refractivity contribution in [2.24, 2.45) is 0 Å². The summed E-state index contributed by atoms with van der Waals surface area (Å²) in [5, 5.41) is 0. The molecule has 0 saturated carbocycles. The van der Waals surface area contributed by atoms with Crippen molar-refractivity contribution in [3.05, 3.63) is 0 Å². The predicted molar refractivity (Wildman–Crippen MR) is 25.9 cm³/mol. The zero-order valence-electron chi connectivity index (χ0n) is 5.82. The van der Waals surface area contributed by atoms with Crippen molar-refractivity contribution in [1.82, 2.24) is 0 Å². The van der Waals surface area contributed by atoms with Gasteiger partial charge in [0.25, 0.3) is 0 Å². The number of hydrogen-bond donors (Lipinski definition) is 0. The van der Waals surface area contributed by atoms with Gasteiger partial charge in [0.05, 0.1) is 0 Å². The minimum atomic E-state index is 0. The molecule has 0 rings (SSSR count). The SMILES string of the molecule is [AlH3].[Cr].[H-].[H-].[H-].[H-].[Mg+2].[Mg+2]. The van der Waals surface area contributed by atoms with Gasteiger partial charge < -0.3 is 5.71 Å².